The van der Waals surface area contributed by atoms with Gasteiger partial charge < -0.3 is 4.74 Å². The topological polar surface area (TPSA) is 59.5 Å². The van der Waals surface area contributed by atoms with Crippen molar-refractivity contribution >= 4 is 21.6 Å². The maximum absolute atomic E-state index is 13.1. The molecule has 23 heavy (non-hydrogen) atoms. The average Bonchev–Trinajstić information content (AvgIpc) is 2.43. The Hall–Kier alpha value is -1.70. The van der Waals surface area contributed by atoms with Crippen LogP contribution in [0, 0.1) is 5.82 Å². The van der Waals surface area contributed by atoms with Crippen molar-refractivity contribution in [2.45, 2.75) is 11.9 Å². The van der Waals surface area contributed by atoms with Crippen molar-refractivity contribution in [1.29, 1.82) is 0 Å². The Bertz CT molecular complexity index is 793. The molecule has 8 heteroatoms. The van der Waals surface area contributed by atoms with Crippen LogP contribution in [0.5, 0.6) is 5.88 Å². The molecule has 0 atom stereocenters. The van der Waals surface area contributed by atoms with Gasteiger partial charge in [0.2, 0.25) is 15.9 Å². The molecule has 122 valence electrons. The summed E-state index contributed by atoms with van der Waals surface area (Å²) in [5, 5.41) is 0.505. The van der Waals surface area contributed by atoms with E-state index in [1.807, 2.05) is 0 Å². The monoisotopic (exact) mass is 356 g/mol. The van der Waals surface area contributed by atoms with Crippen LogP contribution in [0.2, 0.25) is 5.02 Å². The third-order valence-corrected chi connectivity index (χ3v) is 5.44. The van der Waals surface area contributed by atoms with E-state index in [2.05, 4.69) is 4.98 Å². The first-order valence-corrected chi connectivity index (χ1v) is 8.91. The van der Waals surface area contributed by atoms with E-state index < -0.39 is 15.8 Å². The number of aromatic nitrogens is 1. The Balaban J connectivity index is 1.56. The summed E-state index contributed by atoms with van der Waals surface area (Å²) in [6, 6.07) is 8.87. The molecule has 0 saturated carbocycles. The van der Waals surface area contributed by atoms with E-state index in [1.54, 1.807) is 18.2 Å². The zero-order chi connectivity index (χ0) is 16.4. The molecule has 0 bridgehead atoms. The number of pyridine rings is 1. The van der Waals surface area contributed by atoms with Crippen LogP contribution in [0.15, 0.2) is 42.6 Å². The molecule has 0 aliphatic carbocycles. The quantitative estimate of drug-likeness (QED) is 0.825. The fourth-order valence-corrected chi connectivity index (χ4v) is 3.92. The molecule has 3 rings (SSSR count). The second kappa shape index (κ2) is 6.43. The summed E-state index contributed by atoms with van der Waals surface area (Å²) in [5.41, 5.74) is 0.425. The fourth-order valence-electron chi connectivity index (χ4n) is 2.23. The summed E-state index contributed by atoms with van der Waals surface area (Å²) in [4.78, 5) is 4.00. The van der Waals surface area contributed by atoms with Gasteiger partial charge >= 0.3 is 0 Å². The first-order chi connectivity index (χ1) is 10.9. The van der Waals surface area contributed by atoms with Gasteiger partial charge in [-0.2, -0.15) is 4.31 Å². The molecule has 1 aliphatic rings. The Labute approximate surface area is 138 Å². The molecule has 1 aromatic carbocycles. The third kappa shape index (κ3) is 3.99. The number of halogens is 2. The summed E-state index contributed by atoms with van der Waals surface area (Å²) in [6.07, 6.45) is 1.22. The molecule has 0 amide bonds. The van der Waals surface area contributed by atoms with Gasteiger partial charge in [0.25, 0.3) is 0 Å². The second-order valence-corrected chi connectivity index (χ2v) is 7.66. The molecule has 0 spiro atoms. The highest BCUT2D eigenvalue weighted by Gasteiger charge is 2.37. The lowest BCUT2D eigenvalue weighted by atomic mass is 10.2. The van der Waals surface area contributed by atoms with E-state index in [0.29, 0.717) is 16.5 Å². The minimum Gasteiger partial charge on any atom is -0.472 e. The lowest BCUT2D eigenvalue weighted by Gasteiger charge is -2.37. The van der Waals surface area contributed by atoms with E-state index in [9.17, 15) is 12.8 Å². The summed E-state index contributed by atoms with van der Waals surface area (Å²) in [5.74, 6) is -0.269. The maximum Gasteiger partial charge on any atom is 0.218 e. The van der Waals surface area contributed by atoms with Crippen LogP contribution in [0.1, 0.15) is 5.56 Å². The predicted octanol–water partition coefficient (Wildman–Crippen LogP) is 2.47. The Morgan fingerprint density at radius 3 is 2.74 bits per heavy atom. The van der Waals surface area contributed by atoms with Crippen molar-refractivity contribution in [2.24, 2.45) is 0 Å². The van der Waals surface area contributed by atoms with Crippen LogP contribution >= 0.6 is 11.6 Å². The zero-order valence-corrected chi connectivity index (χ0v) is 13.6. The van der Waals surface area contributed by atoms with E-state index in [4.69, 9.17) is 16.3 Å². The van der Waals surface area contributed by atoms with Gasteiger partial charge in [-0.15, -0.1) is 0 Å². The minimum absolute atomic E-state index is 0.226. The normalized spacial score (nSPS) is 16.1. The molecule has 0 unspecified atom stereocenters. The highest BCUT2D eigenvalue weighted by molar-refractivity contribution is 7.88. The fraction of sp³-hybridized carbons (Fsp3) is 0.267. The number of hydrogen-bond donors (Lipinski definition) is 0. The summed E-state index contributed by atoms with van der Waals surface area (Å²) < 4.78 is 44.5. The number of benzene rings is 1. The van der Waals surface area contributed by atoms with Crippen molar-refractivity contribution < 1.29 is 17.5 Å². The lowest BCUT2D eigenvalue weighted by molar-refractivity contribution is 0.0720. The summed E-state index contributed by atoms with van der Waals surface area (Å²) in [7, 11) is -3.48. The van der Waals surface area contributed by atoms with Crippen molar-refractivity contribution in [3.8, 4) is 5.88 Å². The molecule has 1 saturated heterocycles. The average molecular weight is 357 g/mol. The summed E-state index contributed by atoms with van der Waals surface area (Å²) in [6.45, 7) is 0.504. The first-order valence-electron chi connectivity index (χ1n) is 6.93. The number of nitrogens with zero attached hydrogens (tertiary/aromatic N) is 2. The SMILES string of the molecule is O=S(=O)(Cc1cccc(F)c1)N1CC(Oc2ccc(Cl)cn2)C1. The first kappa shape index (κ1) is 16.2. The van der Waals surface area contributed by atoms with Crippen molar-refractivity contribution in [3.05, 3.63) is 59.0 Å². The van der Waals surface area contributed by atoms with Gasteiger partial charge in [-0.25, -0.2) is 17.8 Å². The Morgan fingerprint density at radius 1 is 1.30 bits per heavy atom. The van der Waals surface area contributed by atoms with Gasteiger partial charge in [0, 0.05) is 12.3 Å². The largest absolute Gasteiger partial charge is 0.472 e. The lowest BCUT2D eigenvalue weighted by Crippen LogP contribution is -2.56. The molecule has 1 aromatic heterocycles. The Morgan fingerprint density at radius 2 is 2.09 bits per heavy atom. The molecule has 1 fully saturated rings. The van der Waals surface area contributed by atoms with Crippen LogP contribution < -0.4 is 4.74 Å². The van der Waals surface area contributed by atoms with Crippen molar-refractivity contribution in [3.63, 3.8) is 0 Å². The van der Waals surface area contributed by atoms with Gasteiger partial charge in [0.1, 0.15) is 11.9 Å². The molecule has 0 N–H and O–H groups in total. The van der Waals surface area contributed by atoms with Gasteiger partial charge in [-0.05, 0) is 23.8 Å². The van der Waals surface area contributed by atoms with Gasteiger partial charge in [0.05, 0.1) is 23.9 Å². The van der Waals surface area contributed by atoms with E-state index in [-0.39, 0.29) is 24.9 Å². The van der Waals surface area contributed by atoms with Crippen LogP contribution in [0.3, 0.4) is 0 Å². The predicted molar refractivity (Wildman–Crippen MR) is 84.3 cm³/mol. The molecule has 2 heterocycles. The third-order valence-electron chi connectivity index (χ3n) is 3.43. The highest BCUT2D eigenvalue weighted by Crippen LogP contribution is 2.22. The van der Waals surface area contributed by atoms with Gasteiger partial charge in [-0.3, -0.25) is 0 Å². The zero-order valence-electron chi connectivity index (χ0n) is 12.0. The molecular weight excluding hydrogens is 343 g/mol. The maximum atomic E-state index is 13.1. The van der Waals surface area contributed by atoms with E-state index in [1.165, 1.54) is 28.7 Å². The summed E-state index contributed by atoms with van der Waals surface area (Å²) >= 11 is 5.73. The standard InChI is InChI=1S/C15H14ClFN2O3S/c16-12-4-5-15(18-7-12)22-14-8-19(9-14)23(20,21)10-11-2-1-3-13(17)6-11/h1-7,14H,8-10H2. The smallest absolute Gasteiger partial charge is 0.218 e. The number of sulfonamides is 1. The van der Waals surface area contributed by atoms with Crippen molar-refractivity contribution in [2.75, 3.05) is 13.1 Å². The van der Waals surface area contributed by atoms with E-state index in [0.717, 1.165) is 0 Å². The van der Waals surface area contributed by atoms with Gasteiger partial charge in [0.15, 0.2) is 0 Å². The molecular formula is C15H14ClFN2O3S. The van der Waals surface area contributed by atoms with Crippen molar-refractivity contribution in [1.82, 2.24) is 9.29 Å². The van der Waals surface area contributed by atoms with Crippen LogP contribution in [-0.4, -0.2) is 36.9 Å². The van der Waals surface area contributed by atoms with Crippen LogP contribution in [0.4, 0.5) is 4.39 Å². The number of hydrogen-bond acceptors (Lipinski definition) is 4. The molecule has 1 aliphatic heterocycles. The molecule has 5 nitrogen and oxygen atoms in total. The highest BCUT2D eigenvalue weighted by atomic mass is 35.5. The molecule has 0 radical (unpaired) electrons. The second-order valence-electron chi connectivity index (χ2n) is 5.26. The number of rotatable bonds is 5. The Kier molecular flexibility index (Phi) is 4.52. The van der Waals surface area contributed by atoms with E-state index >= 15 is 0 Å². The van der Waals surface area contributed by atoms with Crippen LogP contribution in [0.25, 0.3) is 0 Å². The van der Waals surface area contributed by atoms with Gasteiger partial charge in [-0.1, -0.05) is 23.7 Å². The van der Waals surface area contributed by atoms with Crippen LogP contribution in [-0.2, 0) is 15.8 Å². The number of ether oxygens (including phenoxy) is 1. The minimum atomic E-state index is -3.48. The molecule has 2 aromatic rings.